The lowest BCUT2D eigenvalue weighted by Crippen LogP contribution is -2.14. The van der Waals surface area contributed by atoms with Gasteiger partial charge in [0.15, 0.2) is 0 Å². The summed E-state index contributed by atoms with van der Waals surface area (Å²) in [6.45, 7) is -0.173. The molecule has 0 saturated carbocycles. The molecule has 94 valence electrons. The van der Waals surface area contributed by atoms with Crippen LogP contribution in [0.1, 0.15) is 11.6 Å². The highest BCUT2D eigenvalue weighted by molar-refractivity contribution is 5.65. The van der Waals surface area contributed by atoms with Gasteiger partial charge in [0.2, 0.25) is 0 Å². The second-order valence-corrected chi connectivity index (χ2v) is 4.01. The van der Waals surface area contributed by atoms with Crippen molar-refractivity contribution in [2.75, 3.05) is 6.61 Å². The standard InChI is InChI=1S/C14H13F2NO/c15-11-2-1-3-12(16)14(11)10-6-4-9(5-7-10)13(17)8-18/h1-7,13,18H,8,17H2/t13-/m0/s1. The van der Waals surface area contributed by atoms with Gasteiger partial charge in [-0.3, -0.25) is 0 Å². The zero-order valence-electron chi connectivity index (χ0n) is 9.61. The minimum absolute atomic E-state index is 0.0541. The zero-order chi connectivity index (χ0) is 13.1. The average Bonchev–Trinajstić information content (AvgIpc) is 2.38. The molecule has 0 radical (unpaired) electrons. The van der Waals surface area contributed by atoms with E-state index in [4.69, 9.17) is 10.8 Å². The lowest BCUT2D eigenvalue weighted by atomic mass is 10.0. The first-order chi connectivity index (χ1) is 8.63. The van der Waals surface area contributed by atoms with Crippen LogP contribution in [0.25, 0.3) is 11.1 Å². The minimum Gasteiger partial charge on any atom is -0.394 e. The van der Waals surface area contributed by atoms with E-state index >= 15 is 0 Å². The van der Waals surface area contributed by atoms with Crippen LogP contribution in [0.2, 0.25) is 0 Å². The molecule has 1 atom stereocenters. The molecule has 0 bridgehead atoms. The summed E-state index contributed by atoms with van der Waals surface area (Å²) in [6.07, 6.45) is 0. The molecule has 0 aliphatic heterocycles. The highest BCUT2D eigenvalue weighted by Crippen LogP contribution is 2.26. The molecule has 4 heteroatoms. The number of aliphatic hydroxyl groups excluding tert-OH is 1. The molecule has 2 aromatic carbocycles. The molecular weight excluding hydrogens is 236 g/mol. The van der Waals surface area contributed by atoms with Gasteiger partial charge in [0.05, 0.1) is 18.2 Å². The van der Waals surface area contributed by atoms with Crippen LogP contribution in [0.5, 0.6) is 0 Å². The van der Waals surface area contributed by atoms with Crippen LogP contribution in [0.3, 0.4) is 0 Å². The summed E-state index contributed by atoms with van der Waals surface area (Å²) in [4.78, 5) is 0. The van der Waals surface area contributed by atoms with Gasteiger partial charge in [-0.15, -0.1) is 0 Å². The van der Waals surface area contributed by atoms with E-state index in [0.29, 0.717) is 5.56 Å². The second-order valence-electron chi connectivity index (χ2n) is 4.01. The van der Waals surface area contributed by atoms with Gasteiger partial charge in [0.25, 0.3) is 0 Å². The zero-order valence-corrected chi connectivity index (χ0v) is 9.61. The number of rotatable bonds is 3. The van der Waals surface area contributed by atoms with Gasteiger partial charge in [-0.25, -0.2) is 8.78 Å². The first-order valence-electron chi connectivity index (χ1n) is 5.54. The largest absolute Gasteiger partial charge is 0.394 e. The summed E-state index contributed by atoms with van der Waals surface area (Å²) in [6, 6.07) is 9.76. The van der Waals surface area contributed by atoms with Crippen LogP contribution in [-0.4, -0.2) is 11.7 Å². The number of hydrogen-bond donors (Lipinski definition) is 2. The van der Waals surface area contributed by atoms with Crippen LogP contribution in [0, 0.1) is 11.6 Å². The van der Waals surface area contributed by atoms with Gasteiger partial charge in [-0.1, -0.05) is 30.3 Å². The SMILES string of the molecule is N[C@@H](CO)c1ccc(-c2c(F)cccc2F)cc1. The van der Waals surface area contributed by atoms with Crippen LogP contribution in [0.15, 0.2) is 42.5 Å². The number of hydrogen-bond acceptors (Lipinski definition) is 2. The number of aliphatic hydroxyl groups is 1. The van der Waals surface area contributed by atoms with Gasteiger partial charge >= 0.3 is 0 Å². The molecular formula is C14H13F2NO. The maximum absolute atomic E-state index is 13.6. The van der Waals surface area contributed by atoms with E-state index < -0.39 is 17.7 Å². The van der Waals surface area contributed by atoms with Crippen molar-refractivity contribution in [2.24, 2.45) is 5.73 Å². The Hall–Kier alpha value is -1.78. The molecule has 2 aromatic rings. The minimum atomic E-state index is -0.603. The summed E-state index contributed by atoms with van der Waals surface area (Å²) in [7, 11) is 0. The Balaban J connectivity index is 2.41. The third-order valence-corrected chi connectivity index (χ3v) is 2.79. The molecule has 0 aliphatic rings. The Labute approximate surface area is 104 Å². The van der Waals surface area contributed by atoms with Crippen LogP contribution >= 0.6 is 0 Å². The van der Waals surface area contributed by atoms with Crippen molar-refractivity contribution >= 4 is 0 Å². The number of benzene rings is 2. The fraction of sp³-hybridized carbons (Fsp3) is 0.143. The summed E-state index contributed by atoms with van der Waals surface area (Å²) in [5, 5.41) is 8.92. The van der Waals surface area contributed by atoms with Crippen molar-refractivity contribution in [3.8, 4) is 11.1 Å². The molecule has 0 aromatic heterocycles. The van der Waals surface area contributed by atoms with Gasteiger partial charge in [0, 0.05) is 0 Å². The smallest absolute Gasteiger partial charge is 0.133 e. The third kappa shape index (κ3) is 2.39. The van der Waals surface area contributed by atoms with E-state index in [9.17, 15) is 8.78 Å². The molecule has 2 rings (SSSR count). The van der Waals surface area contributed by atoms with Crippen molar-refractivity contribution < 1.29 is 13.9 Å². The van der Waals surface area contributed by atoms with Crippen LogP contribution in [0.4, 0.5) is 8.78 Å². The Morgan fingerprint density at radius 1 is 1.00 bits per heavy atom. The van der Waals surface area contributed by atoms with E-state index in [0.717, 1.165) is 5.56 Å². The molecule has 0 spiro atoms. The highest BCUT2D eigenvalue weighted by atomic mass is 19.1. The Morgan fingerprint density at radius 3 is 2.06 bits per heavy atom. The van der Waals surface area contributed by atoms with Gasteiger partial charge in [-0.2, -0.15) is 0 Å². The van der Waals surface area contributed by atoms with Crippen molar-refractivity contribution in [3.63, 3.8) is 0 Å². The molecule has 2 nitrogen and oxygen atoms in total. The lowest BCUT2D eigenvalue weighted by Gasteiger charge is -2.10. The Morgan fingerprint density at radius 2 is 1.56 bits per heavy atom. The van der Waals surface area contributed by atoms with Gasteiger partial charge < -0.3 is 10.8 Å². The topological polar surface area (TPSA) is 46.2 Å². The maximum Gasteiger partial charge on any atom is 0.133 e. The van der Waals surface area contributed by atoms with Gasteiger partial charge in [0.1, 0.15) is 11.6 Å². The fourth-order valence-corrected chi connectivity index (χ4v) is 1.78. The predicted molar refractivity (Wildman–Crippen MR) is 65.8 cm³/mol. The van der Waals surface area contributed by atoms with Crippen molar-refractivity contribution in [2.45, 2.75) is 6.04 Å². The maximum atomic E-state index is 13.6. The summed E-state index contributed by atoms with van der Waals surface area (Å²) in [5.41, 5.74) is 6.75. The Bertz CT molecular complexity index is 520. The first kappa shape index (κ1) is 12.7. The van der Waals surface area contributed by atoms with Crippen molar-refractivity contribution in [1.82, 2.24) is 0 Å². The normalized spacial score (nSPS) is 12.4. The van der Waals surface area contributed by atoms with Crippen molar-refractivity contribution in [1.29, 1.82) is 0 Å². The monoisotopic (exact) mass is 249 g/mol. The van der Waals surface area contributed by atoms with E-state index in [1.807, 2.05) is 0 Å². The molecule has 0 aliphatic carbocycles. The molecule has 0 unspecified atom stereocenters. The van der Waals surface area contributed by atoms with E-state index in [2.05, 4.69) is 0 Å². The average molecular weight is 249 g/mol. The summed E-state index contributed by atoms with van der Waals surface area (Å²) < 4.78 is 27.1. The third-order valence-electron chi connectivity index (χ3n) is 2.79. The lowest BCUT2D eigenvalue weighted by molar-refractivity contribution is 0.268. The van der Waals surface area contributed by atoms with Crippen LogP contribution in [-0.2, 0) is 0 Å². The quantitative estimate of drug-likeness (QED) is 0.878. The second kappa shape index (κ2) is 5.25. The van der Waals surface area contributed by atoms with E-state index in [1.54, 1.807) is 24.3 Å². The highest BCUT2D eigenvalue weighted by Gasteiger charge is 2.11. The summed E-state index contributed by atoms with van der Waals surface area (Å²) >= 11 is 0. The fourth-order valence-electron chi connectivity index (χ4n) is 1.78. The Kier molecular flexibility index (Phi) is 3.69. The van der Waals surface area contributed by atoms with E-state index in [1.165, 1.54) is 18.2 Å². The van der Waals surface area contributed by atoms with Crippen molar-refractivity contribution in [3.05, 3.63) is 59.7 Å². The number of nitrogens with two attached hydrogens (primary N) is 1. The van der Waals surface area contributed by atoms with Crippen LogP contribution < -0.4 is 5.73 Å². The van der Waals surface area contributed by atoms with E-state index in [-0.39, 0.29) is 12.2 Å². The predicted octanol–water partition coefficient (Wildman–Crippen LogP) is 2.62. The van der Waals surface area contributed by atoms with Gasteiger partial charge in [-0.05, 0) is 23.3 Å². The molecule has 0 fully saturated rings. The molecule has 18 heavy (non-hydrogen) atoms. The molecule has 0 heterocycles. The molecule has 3 N–H and O–H groups in total. The summed E-state index contributed by atoms with van der Waals surface area (Å²) in [5.74, 6) is -1.21. The molecule has 0 saturated heterocycles. The molecule has 0 amide bonds. The first-order valence-corrected chi connectivity index (χ1v) is 5.54. The number of halogens is 2.